The standard InChI is InChI=1S/C11H15F2N3O2S/c1-15-4-6-16(7-5-15)19(17,18)9-3-2-8(12)11(14)10(9)13/h2-3H,4-7,14H2,1H3. The zero-order valence-corrected chi connectivity index (χ0v) is 11.3. The molecule has 1 aliphatic heterocycles. The van der Waals surface area contributed by atoms with Crippen molar-refractivity contribution in [2.45, 2.75) is 4.90 Å². The van der Waals surface area contributed by atoms with E-state index in [1.807, 2.05) is 11.9 Å². The van der Waals surface area contributed by atoms with Gasteiger partial charge in [-0.05, 0) is 19.2 Å². The first-order chi connectivity index (χ1) is 8.84. The smallest absolute Gasteiger partial charge is 0.246 e. The number of sulfonamides is 1. The van der Waals surface area contributed by atoms with Crippen LogP contribution < -0.4 is 5.73 Å². The molecule has 1 fully saturated rings. The Morgan fingerprint density at radius 1 is 1.16 bits per heavy atom. The highest BCUT2D eigenvalue weighted by molar-refractivity contribution is 7.89. The fraction of sp³-hybridized carbons (Fsp3) is 0.455. The number of nitrogens with zero attached hydrogens (tertiary/aromatic N) is 2. The first-order valence-corrected chi connectivity index (χ1v) is 7.20. The molecule has 0 aliphatic carbocycles. The molecule has 0 spiro atoms. The second kappa shape index (κ2) is 5.03. The molecule has 1 aromatic rings. The van der Waals surface area contributed by atoms with Crippen molar-refractivity contribution in [2.75, 3.05) is 39.0 Å². The first-order valence-electron chi connectivity index (χ1n) is 5.76. The van der Waals surface area contributed by atoms with Crippen LogP contribution >= 0.6 is 0 Å². The third-order valence-corrected chi connectivity index (χ3v) is 5.09. The van der Waals surface area contributed by atoms with Crippen molar-refractivity contribution >= 4 is 15.7 Å². The molecule has 1 aromatic carbocycles. The van der Waals surface area contributed by atoms with Crippen molar-refractivity contribution in [3.8, 4) is 0 Å². The molecule has 0 radical (unpaired) electrons. The van der Waals surface area contributed by atoms with E-state index in [2.05, 4.69) is 0 Å². The number of rotatable bonds is 2. The van der Waals surface area contributed by atoms with Gasteiger partial charge in [0.05, 0.1) is 0 Å². The highest BCUT2D eigenvalue weighted by atomic mass is 32.2. The van der Waals surface area contributed by atoms with Gasteiger partial charge < -0.3 is 10.6 Å². The highest BCUT2D eigenvalue weighted by Gasteiger charge is 2.31. The van der Waals surface area contributed by atoms with Crippen molar-refractivity contribution < 1.29 is 17.2 Å². The van der Waals surface area contributed by atoms with Gasteiger partial charge in [0, 0.05) is 26.2 Å². The van der Waals surface area contributed by atoms with E-state index in [9.17, 15) is 17.2 Å². The van der Waals surface area contributed by atoms with Crippen LogP contribution in [0.2, 0.25) is 0 Å². The van der Waals surface area contributed by atoms with Gasteiger partial charge in [-0.25, -0.2) is 17.2 Å². The van der Waals surface area contributed by atoms with Gasteiger partial charge in [-0.15, -0.1) is 0 Å². The van der Waals surface area contributed by atoms with Crippen molar-refractivity contribution in [3.05, 3.63) is 23.8 Å². The van der Waals surface area contributed by atoms with Crippen molar-refractivity contribution in [2.24, 2.45) is 0 Å². The summed E-state index contributed by atoms with van der Waals surface area (Å²) >= 11 is 0. The minimum atomic E-state index is -3.97. The van der Waals surface area contributed by atoms with Gasteiger partial charge >= 0.3 is 0 Å². The summed E-state index contributed by atoms with van der Waals surface area (Å²) < 4.78 is 52.6. The summed E-state index contributed by atoms with van der Waals surface area (Å²) in [6, 6.07) is 1.77. The van der Waals surface area contributed by atoms with Crippen molar-refractivity contribution in [1.29, 1.82) is 0 Å². The topological polar surface area (TPSA) is 66.6 Å². The van der Waals surface area contributed by atoms with Crippen LogP contribution in [0.3, 0.4) is 0 Å². The SMILES string of the molecule is CN1CCN(S(=O)(=O)c2ccc(F)c(N)c2F)CC1. The molecule has 0 atom stereocenters. The monoisotopic (exact) mass is 291 g/mol. The molecule has 0 unspecified atom stereocenters. The quantitative estimate of drug-likeness (QED) is 0.805. The molecule has 0 bridgehead atoms. The Morgan fingerprint density at radius 3 is 2.32 bits per heavy atom. The van der Waals surface area contributed by atoms with E-state index in [4.69, 9.17) is 5.73 Å². The highest BCUT2D eigenvalue weighted by Crippen LogP contribution is 2.25. The molecular formula is C11H15F2N3O2S. The zero-order chi connectivity index (χ0) is 14.2. The van der Waals surface area contributed by atoms with Crippen LogP contribution in [0.25, 0.3) is 0 Å². The minimum Gasteiger partial charge on any atom is -0.394 e. The Balaban J connectivity index is 2.38. The summed E-state index contributed by atoms with van der Waals surface area (Å²) in [7, 11) is -2.09. The number of halogens is 2. The third-order valence-electron chi connectivity index (χ3n) is 3.17. The number of piperazine rings is 1. The minimum absolute atomic E-state index is 0.273. The normalized spacial score (nSPS) is 18.7. The lowest BCUT2D eigenvalue weighted by Crippen LogP contribution is -2.47. The van der Waals surface area contributed by atoms with E-state index in [1.54, 1.807) is 0 Å². The predicted molar refractivity (Wildman–Crippen MR) is 67.0 cm³/mol. The second-order valence-electron chi connectivity index (χ2n) is 4.48. The largest absolute Gasteiger partial charge is 0.394 e. The van der Waals surface area contributed by atoms with Crippen LogP contribution in [0.1, 0.15) is 0 Å². The summed E-state index contributed by atoms with van der Waals surface area (Å²) in [6.45, 7) is 1.68. The maximum absolute atomic E-state index is 13.8. The average Bonchev–Trinajstić information content (AvgIpc) is 2.36. The molecule has 1 saturated heterocycles. The summed E-state index contributed by atoms with van der Waals surface area (Å²) in [6.07, 6.45) is 0. The lowest BCUT2D eigenvalue weighted by Gasteiger charge is -2.31. The number of hydrogen-bond donors (Lipinski definition) is 1. The summed E-state index contributed by atoms with van der Waals surface area (Å²) in [5.41, 5.74) is 4.42. The van der Waals surface area contributed by atoms with E-state index < -0.39 is 32.2 Å². The van der Waals surface area contributed by atoms with E-state index in [0.717, 1.165) is 12.1 Å². The van der Waals surface area contributed by atoms with Crippen LogP contribution in [0.5, 0.6) is 0 Å². The molecular weight excluding hydrogens is 276 g/mol. The average molecular weight is 291 g/mol. The third kappa shape index (κ3) is 2.56. The van der Waals surface area contributed by atoms with Crippen molar-refractivity contribution in [3.63, 3.8) is 0 Å². The Labute approximate surface area is 110 Å². The number of benzene rings is 1. The maximum Gasteiger partial charge on any atom is 0.246 e. The van der Waals surface area contributed by atoms with Crippen LogP contribution in [-0.4, -0.2) is 50.8 Å². The Bertz CT molecular complexity index is 584. The maximum atomic E-state index is 13.8. The molecule has 1 aliphatic rings. The van der Waals surface area contributed by atoms with E-state index >= 15 is 0 Å². The summed E-state index contributed by atoms with van der Waals surface area (Å²) in [4.78, 5) is 1.40. The van der Waals surface area contributed by atoms with Gasteiger partial charge in [0.25, 0.3) is 0 Å². The molecule has 0 saturated carbocycles. The molecule has 106 valence electrons. The lowest BCUT2D eigenvalue weighted by molar-refractivity contribution is 0.222. The zero-order valence-electron chi connectivity index (χ0n) is 10.4. The van der Waals surface area contributed by atoms with Gasteiger partial charge in [0.1, 0.15) is 16.4 Å². The summed E-state index contributed by atoms with van der Waals surface area (Å²) in [5.74, 6) is -2.19. The molecule has 1 heterocycles. The molecule has 2 rings (SSSR count). The van der Waals surface area contributed by atoms with Crippen LogP contribution in [0, 0.1) is 11.6 Å². The number of anilines is 1. The number of likely N-dealkylation sites (N-methyl/N-ethyl adjacent to an activating group) is 1. The predicted octanol–water partition coefficient (Wildman–Crippen LogP) is 0.483. The molecule has 19 heavy (non-hydrogen) atoms. The molecule has 0 amide bonds. The number of nitrogen functional groups attached to an aromatic ring is 1. The van der Waals surface area contributed by atoms with Gasteiger partial charge in [-0.1, -0.05) is 0 Å². The van der Waals surface area contributed by atoms with Gasteiger partial charge in [-0.2, -0.15) is 4.31 Å². The Kier molecular flexibility index (Phi) is 3.75. The van der Waals surface area contributed by atoms with E-state index in [0.29, 0.717) is 13.1 Å². The van der Waals surface area contributed by atoms with Crippen LogP contribution in [0.15, 0.2) is 17.0 Å². The number of hydrogen-bond acceptors (Lipinski definition) is 4. The van der Waals surface area contributed by atoms with Gasteiger partial charge in [-0.3, -0.25) is 0 Å². The lowest BCUT2D eigenvalue weighted by atomic mass is 10.3. The summed E-state index contributed by atoms with van der Waals surface area (Å²) in [5, 5.41) is 0. The molecule has 8 heteroatoms. The Hall–Kier alpha value is -1.25. The van der Waals surface area contributed by atoms with E-state index in [1.165, 1.54) is 4.31 Å². The fourth-order valence-electron chi connectivity index (χ4n) is 1.92. The first kappa shape index (κ1) is 14.2. The van der Waals surface area contributed by atoms with Gasteiger partial charge in [0.2, 0.25) is 10.0 Å². The molecule has 2 N–H and O–H groups in total. The van der Waals surface area contributed by atoms with Crippen LogP contribution in [-0.2, 0) is 10.0 Å². The molecule has 0 aromatic heterocycles. The van der Waals surface area contributed by atoms with Crippen molar-refractivity contribution in [1.82, 2.24) is 9.21 Å². The van der Waals surface area contributed by atoms with Gasteiger partial charge in [0.15, 0.2) is 5.82 Å². The second-order valence-corrected chi connectivity index (χ2v) is 6.39. The number of nitrogens with two attached hydrogens (primary N) is 1. The molecule has 5 nitrogen and oxygen atoms in total. The van der Waals surface area contributed by atoms with E-state index in [-0.39, 0.29) is 13.1 Å². The van der Waals surface area contributed by atoms with Crippen LogP contribution in [0.4, 0.5) is 14.5 Å². The fourth-order valence-corrected chi connectivity index (χ4v) is 3.41. The Morgan fingerprint density at radius 2 is 1.74 bits per heavy atom.